The maximum Gasteiger partial charge on any atom is 0.146 e. The summed E-state index contributed by atoms with van der Waals surface area (Å²) < 4.78 is 0.695. The molecule has 17 heavy (non-hydrogen) atoms. The Balaban J connectivity index is 2.78. The first-order valence-corrected chi connectivity index (χ1v) is 6.24. The van der Waals surface area contributed by atoms with Crippen LogP contribution in [0, 0.1) is 0 Å². The van der Waals surface area contributed by atoms with E-state index in [1.165, 1.54) is 6.33 Å². The summed E-state index contributed by atoms with van der Waals surface area (Å²) in [6, 6.07) is -0.430. The molecule has 96 valence electrons. The Morgan fingerprint density at radius 2 is 1.94 bits per heavy atom. The van der Waals surface area contributed by atoms with E-state index in [0.29, 0.717) is 16.1 Å². The molecule has 0 aliphatic rings. The van der Waals surface area contributed by atoms with Crippen LogP contribution in [0.15, 0.2) is 10.8 Å². The van der Waals surface area contributed by atoms with E-state index >= 15 is 0 Å². The van der Waals surface area contributed by atoms with Gasteiger partial charge in [-0.05, 0) is 22.4 Å². The van der Waals surface area contributed by atoms with E-state index in [9.17, 15) is 0 Å². The smallest absolute Gasteiger partial charge is 0.146 e. The standard InChI is InChI=1S/C10H17BrN4O2/c1-2-3-12-9-8(11)10(14-6-13-9)15-7(4-16)5-17/h6-7,16-17H,2-5H2,1H3,(H2,12,13,14,15). The molecule has 0 aliphatic carbocycles. The van der Waals surface area contributed by atoms with Gasteiger partial charge >= 0.3 is 0 Å². The van der Waals surface area contributed by atoms with Gasteiger partial charge in [0.1, 0.15) is 22.4 Å². The fourth-order valence-electron chi connectivity index (χ4n) is 1.18. The van der Waals surface area contributed by atoms with Crippen molar-refractivity contribution in [1.82, 2.24) is 9.97 Å². The van der Waals surface area contributed by atoms with E-state index in [2.05, 4.69) is 43.5 Å². The quantitative estimate of drug-likeness (QED) is 0.596. The minimum Gasteiger partial charge on any atom is -0.394 e. The molecule has 6 nitrogen and oxygen atoms in total. The van der Waals surface area contributed by atoms with Gasteiger partial charge in [0.05, 0.1) is 19.3 Å². The molecule has 0 spiro atoms. The third kappa shape index (κ3) is 4.10. The summed E-state index contributed by atoms with van der Waals surface area (Å²) in [7, 11) is 0. The first kappa shape index (κ1) is 14.1. The van der Waals surface area contributed by atoms with Crippen molar-refractivity contribution in [3.05, 3.63) is 10.8 Å². The topological polar surface area (TPSA) is 90.3 Å². The molecule has 0 saturated heterocycles. The van der Waals surface area contributed by atoms with Gasteiger partial charge in [0.15, 0.2) is 0 Å². The molecule has 0 unspecified atom stereocenters. The molecule has 1 aromatic heterocycles. The molecule has 1 heterocycles. The molecule has 1 aromatic rings. The maximum absolute atomic E-state index is 8.99. The summed E-state index contributed by atoms with van der Waals surface area (Å²) in [6.07, 6.45) is 2.42. The predicted octanol–water partition coefficient (Wildman–Crippen LogP) is 0.826. The second-order valence-corrected chi connectivity index (χ2v) is 4.31. The molecule has 0 atom stereocenters. The summed E-state index contributed by atoms with van der Waals surface area (Å²) in [6.45, 7) is 2.56. The third-order valence-corrected chi connectivity index (χ3v) is 2.86. The lowest BCUT2D eigenvalue weighted by molar-refractivity contribution is 0.203. The van der Waals surface area contributed by atoms with Gasteiger partial charge in [0.25, 0.3) is 0 Å². The fraction of sp³-hybridized carbons (Fsp3) is 0.600. The SMILES string of the molecule is CCCNc1ncnc(NC(CO)CO)c1Br. The highest BCUT2D eigenvalue weighted by Crippen LogP contribution is 2.26. The molecule has 7 heteroatoms. The minimum atomic E-state index is -0.430. The Labute approximate surface area is 109 Å². The van der Waals surface area contributed by atoms with Gasteiger partial charge in [-0.15, -0.1) is 0 Å². The van der Waals surface area contributed by atoms with E-state index in [1.807, 2.05) is 0 Å². The number of hydrogen-bond acceptors (Lipinski definition) is 6. The molecule has 0 fully saturated rings. The number of aliphatic hydroxyl groups excluding tert-OH is 2. The predicted molar refractivity (Wildman–Crippen MR) is 70.1 cm³/mol. The van der Waals surface area contributed by atoms with Gasteiger partial charge in [0.2, 0.25) is 0 Å². The maximum atomic E-state index is 8.99. The van der Waals surface area contributed by atoms with E-state index in [0.717, 1.165) is 13.0 Å². The summed E-state index contributed by atoms with van der Waals surface area (Å²) in [5.41, 5.74) is 0. The monoisotopic (exact) mass is 304 g/mol. The number of hydrogen-bond donors (Lipinski definition) is 4. The lowest BCUT2D eigenvalue weighted by Gasteiger charge is -2.16. The number of aromatic nitrogens is 2. The number of nitrogens with zero attached hydrogens (tertiary/aromatic N) is 2. The number of halogens is 1. The number of nitrogens with one attached hydrogen (secondary N) is 2. The van der Waals surface area contributed by atoms with Crippen molar-refractivity contribution in [2.75, 3.05) is 30.4 Å². The Morgan fingerprint density at radius 3 is 2.53 bits per heavy atom. The van der Waals surface area contributed by atoms with Crippen LogP contribution in [-0.2, 0) is 0 Å². The Bertz CT molecular complexity index is 347. The van der Waals surface area contributed by atoms with Crippen LogP contribution in [0.1, 0.15) is 13.3 Å². The van der Waals surface area contributed by atoms with E-state index in [1.54, 1.807) is 0 Å². The molecule has 4 N–H and O–H groups in total. The van der Waals surface area contributed by atoms with Gasteiger partial charge in [-0.25, -0.2) is 9.97 Å². The van der Waals surface area contributed by atoms with Crippen LogP contribution in [-0.4, -0.2) is 46.0 Å². The third-order valence-electron chi connectivity index (χ3n) is 2.11. The lowest BCUT2D eigenvalue weighted by Crippen LogP contribution is -2.28. The number of rotatable bonds is 7. The van der Waals surface area contributed by atoms with Gasteiger partial charge in [-0.2, -0.15) is 0 Å². The highest BCUT2D eigenvalue weighted by molar-refractivity contribution is 9.10. The van der Waals surface area contributed by atoms with E-state index in [4.69, 9.17) is 10.2 Å². The normalized spacial score (nSPS) is 10.6. The van der Waals surface area contributed by atoms with Crippen molar-refractivity contribution >= 4 is 27.6 Å². The summed E-state index contributed by atoms with van der Waals surface area (Å²) in [5.74, 6) is 1.24. The zero-order chi connectivity index (χ0) is 12.7. The van der Waals surface area contributed by atoms with Gasteiger partial charge in [-0.3, -0.25) is 0 Å². The van der Waals surface area contributed by atoms with Crippen molar-refractivity contribution < 1.29 is 10.2 Å². The second kappa shape index (κ2) is 7.41. The molecule has 0 saturated carbocycles. The lowest BCUT2D eigenvalue weighted by atomic mass is 10.3. The van der Waals surface area contributed by atoms with Crippen molar-refractivity contribution in [2.45, 2.75) is 19.4 Å². The largest absolute Gasteiger partial charge is 0.394 e. The first-order valence-electron chi connectivity index (χ1n) is 5.45. The highest BCUT2D eigenvalue weighted by atomic mass is 79.9. The van der Waals surface area contributed by atoms with Crippen molar-refractivity contribution in [1.29, 1.82) is 0 Å². The first-order chi connectivity index (χ1) is 8.22. The Morgan fingerprint density at radius 1 is 1.29 bits per heavy atom. The number of anilines is 2. The van der Waals surface area contributed by atoms with Crippen LogP contribution in [0.5, 0.6) is 0 Å². The summed E-state index contributed by atoms with van der Waals surface area (Å²) >= 11 is 3.39. The molecular formula is C10H17BrN4O2. The average Bonchev–Trinajstić information content (AvgIpc) is 2.36. The van der Waals surface area contributed by atoms with Crippen molar-refractivity contribution in [3.8, 4) is 0 Å². The average molecular weight is 305 g/mol. The van der Waals surface area contributed by atoms with E-state index in [-0.39, 0.29) is 13.2 Å². The molecule has 0 aromatic carbocycles. The Kier molecular flexibility index (Phi) is 6.17. The van der Waals surface area contributed by atoms with Crippen LogP contribution in [0.3, 0.4) is 0 Å². The van der Waals surface area contributed by atoms with Crippen LogP contribution in [0.25, 0.3) is 0 Å². The van der Waals surface area contributed by atoms with Crippen LogP contribution < -0.4 is 10.6 Å². The zero-order valence-electron chi connectivity index (χ0n) is 9.65. The highest BCUT2D eigenvalue weighted by Gasteiger charge is 2.12. The van der Waals surface area contributed by atoms with E-state index < -0.39 is 6.04 Å². The van der Waals surface area contributed by atoms with Crippen LogP contribution in [0.4, 0.5) is 11.6 Å². The molecule has 0 aliphatic heterocycles. The van der Waals surface area contributed by atoms with Crippen LogP contribution in [0.2, 0.25) is 0 Å². The fourth-order valence-corrected chi connectivity index (χ4v) is 1.64. The molecular weight excluding hydrogens is 288 g/mol. The minimum absolute atomic E-state index is 0.162. The molecule has 0 amide bonds. The Hall–Kier alpha value is -0.920. The second-order valence-electron chi connectivity index (χ2n) is 3.52. The molecule has 0 radical (unpaired) electrons. The molecule has 0 bridgehead atoms. The van der Waals surface area contributed by atoms with Crippen LogP contribution >= 0.6 is 15.9 Å². The van der Waals surface area contributed by atoms with Gasteiger partial charge < -0.3 is 20.8 Å². The molecule has 1 rings (SSSR count). The number of aliphatic hydroxyl groups is 2. The summed E-state index contributed by atoms with van der Waals surface area (Å²) in [5, 5.41) is 24.1. The van der Waals surface area contributed by atoms with Gasteiger partial charge in [0, 0.05) is 6.54 Å². The van der Waals surface area contributed by atoms with Crippen molar-refractivity contribution in [2.24, 2.45) is 0 Å². The summed E-state index contributed by atoms with van der Waals surface area (Å²) in [4.78, 5) is 8.15. The van der Waals surface area contributed by atoms with Gasteiger partial charge in [-0.1, -0.05) is 6.92 Å². The zero-order valence-corrected chi connectivity index (χ0v) is 11.2. The van der Waals surface area contributed by atoms with Crippen molar-refractivity contribution in [3.63, 3.8) is 0 Å².